The van der Waals surface area contributed by atoms with Crippen LogP contribution in [0.5, 0.6) is 0 Å². The molecule has 13 heavy (non-hydrogen) atoms. The minimum absolute atomic E-state index is 0.0277. The van der Waals surface area contributed by atoms with Gasteiger partial charge < -0.3 is 5.11 Å². The molecule has 1 heterocycles. The SMILES string of the molecule is CC(CC(=O)O)c1cc(=O)n(C)[nH]1. The van der Waals surface area contributed by atoms with Gasteiger partial charge in [-0.1, -0.05) is 6.92 Å². The Morgan fingerprint density at radius 3 is 2.77 bits per heavy atom. The lowest BCUT2D eigenvalue weighted by Gasteiger charge is -2.04. The summed E-state index contributed by atoms with van der Waals surface area (Å²) < 4.78 is 1.33. The molecule has 72 valence electrons. The molecular formula is C8H12N2O3. The molecule has 0 spiro atoms. The van der Waals surface area contributed by atoms with Crippen LogP contribution in [-0.2, 0) is 11.8 Å². The molecule has 0 aliphatic heterocycles. The van der Waals surface area contributed by atoms with E-state index in [1.807, 2.05) is 0 Å². The summed E-state index contributed by atoms with van der Waals surface area (Å²) in [6, 6.07) is 1.42. The normalized spacial score (nSPS) is 12.8. The number of H-pyrrole nitrogens is 1. The molecular weight excluding hydrogens is 172 g/mol. The van der Waals surface area contributed by atoms with Crippen LogP contribution in [-0.4, -0.2) is 20.9 Å². The number of nitrogens with zero attached hydrogens (tertiary/aromatic N) is 1. The zero-order valence-electron chi connectivity index (χ0n) is 7.57. The number of hydrogen-bond acceptors (Lipinski definition) is 2. The Morgan fingerprint density at radius 2 is 2.38 bits per heavy atom. The molecule has 1 aromatic heterocycles. The van der Waals surface area contributed by atoms with E-state index in [0.29, 0.717) is 5.69 Å². The molecule has 5 nitrogen and oxygen atoms in total. The highest BCUT2D eigenvalue weighted by Crippen LogP contribution is 2.14. The van der Waals surface area contributed by atoms with Crippen molar-refractivity contribution >= 4 is 5.97 Å². The molecule has 5 heteroatoms. The van der Waals surface area contributed by atoms with Gasteiger partial charge in [0.05, 0.1) is 6.42 Å². The number of rotatable bonds is 3. The topological polar surface area (TPSA) is 75.1 Å². The number of carboxylic acid groups (broad SMARTS) is 1. The van der Waals surface area contributed by atoms with Crippen LogP contribution >= 0.6 is 0 Å². The van der Waals surface area contributed by atoms with Crippen LogP contribution in [0.15, 0.2) is 10.9 Å². The first kappa shape index (κ1) is 9.57. The van der Waals surface area contributed by atoms with Gasteiger partial charge in [-0.15, -0.1) is 0 Å². The second kappa shape index (κ2) is 3.47. The van der Waals surface area contributed by atoms with Crippen LogP contribution in [0, 0.1) is 0 Å². The van der Waals surface area contributed by atoms with E-state index in [1.165, 1.54) is 10.7 Å². The lowest BCUT2D eigenvalue weighted by Crippen LogP contribution is -2.10. The van der Waals surface area contributed by atoms with Crippen LogP contribution in [0.1, 0.15) is 25.0 Å². The van der Waals surface area contributed by atoms with Gasteiger partial charge in [0.1, 0.15) is 0 Å². The Labute approximate surface area is 75.0 Å². The van der Waals surface area contributed by atoms with Gasteiger partial charge in [0.25, 0.3) is 5.56 Å². The zero-order chi connectivity index (χ0) is 10.0. The molecule has 0 aromatic carbocycles. The second-order valence-electron chi connectivity index (χ2n) is 3.11. The maximum Gasteiger partial charge on any atom is 0.304 e. The van der Waals surface area contributed by atoms with Crippen molar-refractivity contribution in [1.82, 2.24) is 9.78 Å². The summed E-state index contributed by atoms with van der Waals surface area (Å²) >= 11 is 0. The summed E-state index contributed by atoms with van der Waals surface area (Å²) in [6.45, 7) is 1.76. The van der Waals surface area contributed by atoms with Crippen molar-refractivity contribution in [2.45, 2.75) is 19.3 Å². The first-order valence-corrected chi connectivity index (χ1v) is 3.98. The van der Waals surface area contributed by atoms with Gasteiger partial charge in [0.2, 0.25) is 0 Å². The van der Waals surface area contributed by atoms with Crippen molar-refractivity contribution in [3.8, 4) is 0 Å². The van der Waals surface area contributed by atoms with Gasteiger partial charge in [0.15, 0.2) is 0 Å². The lowest BCUT2D eigenvalue weighted by molar-refractivity contribution is -0.137. The average molecular weight is 184 g/mol. The highest BCUT2D eigenvalue weighted by atomic mass is 16.4. The van der Waals surface area contributed by atoms with Crippen LogP contribution in [0.25, 0.3) is 0 Å². The van der Waals surface area contributed by atoms with E-state index in [0.717, 1.165) is 0 Å². The third kappa shape index (κ3) is 2.21. The molecule has 0 radical (unpaired) electrons. The molecule has 0 aliphatic carbocycles. The number of carbonyl (C=O) groups is 1. The molecule has 0 bridgehead atoms. The highest BCUT2D eigenvalue weighted by Gasteiger charge is 2.12. The Morgan fingerprint density at radius 1 is 1.77 bits per heavy atom. The number of nitrogens with one attached hydrogen (secondary N) is 1. The molecule has 0 fully saturated rings. The third-order valence-corrected chi connectivity index (χ3v) is 1.92. The van der Waals surface area contributed by atoms with Crippen molar-refractivity contribution in [3.05, 3.63) is 22.1 Å². The summed E-state index contributed by atoms with van der Waals surface area (Å²) in [6.07, 6.45) is 0.0277. The van der Waals surface area contributed by atoms with Crippen molar-refractivity contribution in [2.75, 3.05) is 0 Å². The number of carboxylic acids is 1. The van der Waals surface area contributed by atoms with Crippen LogP contribution in [0.2, 0.25) is 0 Å². The maximum atomic E-state index is 11.0. The molecule has 0 amide bonds. The molecule has 1 aromatic rings. The van der Waals surface area contributed by atoms with E-state index >= 15 is 0 Å². The fraction of sp³-hybridized carbons (Fsp3) is 0.500. The van der Waals surface area contributed by atoms with Crippen LogP contribution in [0.4, 0.5) is 0 Å². The van der Waals surface area contributed by atoms with E-state index in [4.69, 9.17) is 5.11 Å². The fourth-order valence-corrected chi connectivity index (χ4v) is 1.14. The van der Waals surface area contributed by atoms with Crippen molar-refractivity contribution in [2.24, 2.45) is 7.05 Å². The smallest absolute Gasteiger partial charge is 0.304 e. The molecule has 1 rings (SSSR count). The number of hydrogen-bond donors (Lipinski definition) is 2. The van der Waals surface area contributed by atoms with Gasteiger partial charge in [-0.25, -0.2) is 0 Å². The number of aromatic nitrogens is 2. The van der Waals surface area contributed by atoms with Gasteiger partial charge in [-0.2, -0.15) is 0 Å². The molecule has 0 aliphatic rings. The van der Waals surface area contributed by atoms with Gasteiger partial charge in [-0.3, -0.25) is 19.4 Å². The molecule has 0 saturated heterocycles. The van der Waals surface area contributed by atoms with E-state index in [9.17, 15) is 9.59 Å². The fourth-order valence-electron chi connectivity index (χ4n) is 1.14. The van der Waals surface area contributed by atoms with E-state index < -0.39 is 5.97 Å². The Kier molecular flexibility index (Phi) is 2.55. The minimum atomic E-state index is -0.864. The summed E-state index contributed by atoms with van der Waals surface area (Å²) in [7, 11) is 1.60. The third-order valence-electron chi connectivity index (χ3n) is 1.92. The summed E-state index contributed by atoms with van der Waals surface area (Å²) in [4.78, 5) is 21.4. The first-order chi connectivity index (χ1) is 6.00. The number of aryl methyl sites for hydroxylation is 1. The van der Waals surface area contributed by atoms with Gasteiger partial charge in [0, 0.05) is 24.7 Å². The van der Waals surface area contributed by atoms with E-state index in [-0.39, 0.29) is 17.9 Å². The maximum absolute atomic E-state index is 11.0. The van der Waals surface area contributed by atoms with Crippen molar-refractivity contribution in [1.29, 1.82) is 0 Å². The molecule has 1 unspecified atom stereocenters. The highest BCUT2D eigenvalue weighted by molar-refractivity contribution is 5.67. The van der Waals surface area contributed by atoms with Crippen molar-refractivity contribution in [3.63, 3.8) is 0 Å². The van der Waals surface area contributed by atoms with Crippen molar-refractivity contribution < 1.29 is 9.90 Å². The largest absolute Gasteiger partial charge is 0.481 e. The second-order valence-corrected chi connectivity index (χ2v) is 3.11. The lowest BCUT2D eigenvalue weighted by atomic mass is 10.1. The average Bonchev–Trinajstić information content (AvgIpc) is 2.31. The molecule has 0 saturated carbocycles. The Bertz CT molecular complexity index is 364. The molecule has 2 N–H and O–H groups in total. The van der Waals surface area contributed by atoms with E-state index in [2.05, 4.69) is 5.10 Å². The van der Waals surface area contributed by atoms with Crippen LogP contribution in [0.3, 0.4) is 0 Å². The number of aliphatic carboxylic acids is 1. The number of aromatic amines is 1. The molecule has 1 atom stereocenters. The summed E-state index contributed by atoms with van der Waals surface area (Å²) in [5.41, 5.74) is 0.516. The zero-order valence-corrected chi connectivity index (χ0v) is 7.57. The van der Waals surface area contributed by atoms with Crippen LogP contribution < -0.4 is 5.56 Å². The van der Waals surface area contributed by atoms with Gasteiger partial charge in [-0.05, 0) is 0 Å². The predicted octanol–water partition coefficient (Wildman–Crippen LogP) is 0.292. The summed E-state index contributed by atoms with van der Waals surface area (Å²) in [5.74, 6) is -1.02. The quantitative estimate of drug-likeness (QED) is 0.709. The Balaban J connectivity index is 2.83. The first-order valence-electron chi connectivity index (χ1n) is 3.98. The van der Waals surface area contributed by atoms with Gasteiger partial charge >= 0.3 is 5.97 Å². The predicted molar refractivity (Wildman–Crippen MR) is 46.7 cm³/mol. The summed E-state index contributed by atoms with van der Waals surface area (Å²) in [5, 5.41) is 11.3. The standard InChI is InChI=1S/C8H12N2O3/c1-5(3-8(12)13)6-4-7(11)10(2)9-6/h4-5,9H,3H2,1-2H3,(H,12,13). The Hall–Kier alpha value is -1.52. The van der Waals surface area contributed by atoms with E-state index in [1.54, 1.807) is 14.0 Å². The monoisotopic (exact) mass is 184 g/mol. The minimum Gasteiger partial charge on any atom is -0.481 e.